The van der Waals surface area contributed by atoms with Crippen LogP contribution in [0.1, 0.15) is 34.3 Å². The van der Waals surface area contributed by atoms with Gasteiger partial charge in [-0.05, 0) is 49.9 Å². The van der Waals surface area contributed by atoms with Crippen molar-refractivity contribution < 1.29 is 19.1 Å². The van der Waals surface area contributed by atoms with Gasteiger partial charge in [-0.3, -0.25) is 4.79 Å². The van der Waals surface area contributed by atoms with Crippen LogP contribution in [0.4, 0.5) is 4.39 Å². The second kappa shape index (κ2) is 4.08. The minimum absolute atomic E-state index is 0.291. The van der Waals surface area contributed by atoms with Gasteiger partial charge in [-0.25, -0.2) is 9.18 Å². The molecule has 5 heteroatoms. The minimum atomic E-state index is -1.12. The Bertz CT molecular complexity index is 512. The molecule has 0 saturated heterocycles. The highest BCUT2D eigenvalue weighted by molar-refractivity contribution is 5.99. The van der Waals surface area contributed by atoms with E-state index in [1.165, 1.54) is 12.1 Å². The molecule has 1 aromatic rings. The predicted molar refractivity (Wildman–Crippen MR) is 62.9 cm³/mol. The Morgan fingerprint density at radius 3 is 2.17 bits per heavy atom. The normalized spacial score (nSPS) is 16.2. The first-order chi connectivity index (χ1) is 8.35. The van der Waals surface area contributed by atoms with E-state index >= 15 is 0 Å². The van der Waals surface area contributed by atoms with Gasteiger partial charge in [0.2, 0.25) is 0 Å². The van der Waals surface area contributed by atoms with E-state index in [0.29, 0.717) is 29.5 Å². The smallest absolute Gasteiger partial charge is 0.329 e. The number of nitrogens with one attached hydrogen (secondary N) is 1. The number of carboxylic acid groups (broad SMARTS) is 1. The molecule has 0 aliphatic heterocycles. The van der Waals surface area contributed by atoms with Gasteiger partial charge in [-0.2, -0.15) is 0 Å². The molecule has 96 valence electrons. The summed E-state index contributed by atoms with van der Waals surface area (Å²) in [6, 6.07) is 2.85. The summed E-state index contributed by atoms with van der Waals surface area (Å²) >= 11 is 0. The van der Waals surface area contributed by atoms with Crippen molar-refractivity contribution in [1.29, 1.82) is 0 Å². The van der Waals surface area contributed by atoms with Gasteiger partial charge in [0.15, 0.2) is 0 Å². The Kier molecular flexibility index (Phi) is 2.84. The number of aryl methyl sites for hydroxylation is 2. The zero-order valence-corrected chi connectivity index (χ0v) is 10.2. The summed E-state index contributed by atoms with van der Waals surface area (Å²) in [4.78, 5) is 22.9. The molecular weight excluding hydrogens is 237 g/mol. The maximum Gasteiger partial charge on any atom is 0.329 e. The van der Waals surface area contributed by atoms with Gasteiger partial charge in [0, 0.05) is 5.56 Å². The maximum atomic E-state index is 13.4. The molecule has 1 aliphatic rings. The first-order valence-electron chi connectivity index (χ1n) is 5.68. The minimum Gasteiger partial charge on any atom is -0.480 e. The fourth-order valence-electron chi connectivity index (χ4n) is 1.88. The van der Waals surface area contributed by atoms with Crippen molar-refractivity contribution in [3.05, 3.63) is 34.6 Å². The van der Waals surface area contributed by atoms with Gasteiger partial charge in [0.05, 0.1) is 0 Å². The van der Waals surface area contributed by atoms with Crippen molar-refractivity contribution in [2.24, 2.45) is 0 Å². The monoisotopic (exact) mass is 251 g/mol. The first kappa shape index (κ1) is 12.5. The summed E-state index contributed by atoms with van der Waals surface area (Å²) in [5, 5.41) is 11.5. The highest BCUT2D eigenvalue weighted by Crippen LogP contribution is 2.35. The molecule has 1 fully saturated rings. The van der Waals surface area contributed by atoms with Crippen LogP contribution in [-0.2, 0) is 4.79 Å². The molecule has 1 saturated carbocycles. The SMILES string of the molecule is Cc1cc(C(=O)NC2(C(=O)O)CC2)cc(C)c1F. The van der Waals surface area contributed by atoms with E-state index in [2.05, 4.69) is 5.32 Å². The summed E-state index contributed by atoms with van der Waals surface area (Å²) in [5.41, 5.74) is -0.0765. The molecule has 0 unspecified atom stereocenters. The predicted octanol–water partition coefficient (Wildman–Crippen LogP) is 1.79. The maximum absolute atomic E-state index is 13.4. The van der Waals surface area contributed by atoms with Crippen LogP contribution in [0.25, 0.3) is 0 Å². The average Bonchev–Trinajstić information content (AvgIpc) is 3.06. The van der Waals surface area contributed by atoms with E-state index in [9.17, 15) is 14.0 Å². The van der Waals surface area contributed by atoms with Gasteiger partial charge < -0.3 is 10.4 Å². The number of benzene rings is 1. The number of halogens is 1. The van der Waals surface area contributed by atoms with Crippen LogP contribution < -0.4 is 5.32 Å². The highest BCUT2D eigenvalue weighted by Gasteiger charge is 2.51. The lowest BCUT2D eigenvalue weighted by molar-refractivity contribution is -0.140. The van der Waals surface area contributed by atoms with Crippen LogP contribution in [0.3, 0.4) is 0 Å². The van der Waals surface area contributed by atoms with E-state index in [4.69, 9.17) is 5.11 Å². The lowest BCUT2D eigenvalue weighted by Gasteiger charge is -2.13. The second-order valence-electron chi connectivity index (χ2n) is 4.77. The molecule has 0 bridgehead atoms. The van der Waals surface area contributed by atoms with Crippen molar-refractivity contribution in [1.82, 2.24) is 5.32 Å². The van der Waals surface area contributed by atoms with Crippen molar-refractivity contribution in [3.63, 3.8) is 0 Å². The summed E-state index contributed by atoms with van der Waals surface area (Å²) in [5.74, 6) is -1.83. The van der Waals surface area contributed by atoms with Crippen molar-refractivity contribution >= 4 is 11.9 Å². The molecule has 0 heterocycles. The first-order valence-corrected chi connectivity index (χ1v) is 5.68. The third-order valence-electron chi connectivity index (χ3n) is 3.21. The Hall–Kier alpha value is -1.91. The Balaban J connectivity index is 2.22. The zero-order chi connectivity index (χ0) is 13.5. The molecule has 0 spiro atoms. The highest BCUT2D eigenvalue weighted by atomic mass is 19.1. The third-order valence-corrected chi connectivity index (χ3v) is 3.21. The van der Waals surface area contributed by atoms with Gasteiger partial charge in [0.1, 0.15) is 11.4 Å². The van der Waals surface area contributed by atoms with Crippen LogP contribution in [0.15, 0.2) is 12.1 Å². The number of carboxylic acids is 1. The van der Waals surface area contributed by atoms with Crippen LogP contribution in [0, 0.1) is 19.7 Å². The molecular formula is C13H14FNO3. The molecule has 1 amide bonds. The molecule has 0 aromatic heterocycles. The topological polar surface area (TPSA) is 66.4 Å². The van der Waals surface area contributed by atoms with Crippen LogP contribution in [0.2, 0.25) is 0 Å². The molecule has 18 heavy (non-hydrogen) atoms. The lowest BCUT2D eigenvalue weighted by Crippen LogP contribution is -2.43. The van der Waals surface area contributed by atoms with Crippen LogP contribution >= 0.6 is 0 Å². The van der Waals surface area contributed by atoms with Crippen molar-refractivity contribution in [2.75, 3.05) is 0 Å². The molecule has 2 rings (SSSR count). The van der Waals surface area contributed by atoms with E-state index in [1.807, 2.05) is 0 Å². The van der Waals surface area contributed by atoms with Gasteiger partial charge in [0.25, 0.3) is 5.91 Å². The largest absolute Gasteiger partial charge is 0.480 e. The van der Waals surface area contributed by atoms with E-state index < -0.39 is 17.4 Å². The number of carbonyl (C=O) groups excluding carboxylic acids is 1. The number of rotatable bonds is 3. The van der Waals surface area contributed by atoms with Gasteiger partial charge >= 0.3 is 5.97 Å². The van der Waals surface area contributed by atoms with Crippen molar-refractivity contribution in [3.8, 4) is 0 Å². The van der Waals surface area contributed by atoms with E-state index in [1.54, 1.807) is 13.8 Å². The summed E-state index contributed by atoms with van der Waals surface area (Å²) in [6.45, 7) is 3.15. The number of aliphatic carboxylic acids is 1. The van der Waals surface area contributed by atoms with Crippen LogP contribution in [-0.4, -0.2) is 22.5 Å². The van der Waals surface area contributed by atoms with E-state index in [0.717, 1.165) is 0 Å². The molecule has 0 atom stereocenters. The zero-order valence-electron chi connectivity index (χ0n) is 10.2. The van der Waals surface area contributed by atoms with Gasteiger partial charge in [-0.15, -0.1) is 0 Å². The Morgan fingerprint density at radius 2 is 1.78 bits per heavy atom. The fraction of sp³-hybridized carbons (Fsp3) is 0.385. The standard InChI is InChI=1S/C13H14FNO3/c1-7-5-9(6-8(2)10(7)14)11(16)15-13(3-4-13)12(17)18/h5-6H,3-4H2,1-2H3,(H,15,16)(H,17,18). The quantitative estimate of drug-likeness (QED) is 0.860. The lowest BCUT2D eigenvalue weighted by atomic mass is 10.1. The Labute approximate surface area is 104 Å². The number of hydrogen-bond acceptors (Lipinski definition) is 2. The molecule has 0 radical (unpaired) electrons. The third kappa shape index (κ3) is 2.08. The van der Waals surface area contributed by atoms with Gasteiger partial charge in [-0.1, -0.05) is 0 Å². The average molecular weight is 251 g/mol. The van der Waals surface area contributed by atoms with Crippen LogP contribution in [0.5, 0.6) is 0 Å². The summed E-state index contributed by atoms with van der Waals surface area (Å²) in [6.07, 6.45) is 0.875. The number of amides is 1. The Morgan fingerprint density at radius 1 is 1.28 bits per heavy atom. The molecule has 1 aliphatic carbocycles. The summed E-state index contributed by atoms with van der Waals surface area (Å²) < 4.78 is 13.4. The van der Waals surface area contributed by atoms with Crippen molar-refractivity contribution in [2.45, 2.75) is 32.2 Å². The summed E-state index contributed by atoms with van der Waals surface area (Å²) in [7, 11) is 0. The molecule has 4 nitrogen and oxygen atoms in total. The fourth-order valence-corrected chi connectivity index (χ4v) is 1.88. The molecule has 2 N–H and O–H groups in total. The number of hydrogen-bond donors (Lipinski definition) is 2. The number of carbonyl (C=O) groups is 2. The molecule has 1 aromatic carbocycles. The van der Waals surface area contributed by atoms with E-state index in [-0.39, 0.29) is 5.82 Å². The second-order valence-corrected chi connectivity index (χ2v) is 4.77.